The number of aliphatic hydroxyl groups is 1. The molecule has 7 nitrogen and oxygen atoms in total. The summed E-state index contributed by atoms with van der Waals surface area (Å²) >= 11 is 0. The summed E-state index contributed by atoms with van der Waals surface area (Å²) in [5.74, 6) is -0.593. The number of pyridine rings is 1. The van der Waals surface area contributed by atoms with Crippen molar-refractivity contribution < 1.29 is 24.5 Å². The molecule has 2 aliphatic heterocycles. The minimum absolute atomic E-state index is 0.0385. The third-order valence-corrected chi connectivity index (χ3v) is 5.97. The maximum atomic E-state index is 12.5. The number of fused-ring (bicyclic) bond motifs is 3. The van der Waals surface area contributed by atoms with Crippen molar-refractivity contribution in [3.05, 3.63) is 51.3 Å². The predicted octanol–water partition coefficient (Wildman–Crippen LogP) is 3.02. The second-order valence-corrected chi connectivity index (χ2v) is 9.11. The van der Waals surface area contributed by atoms with Gasteiger partial charge < -0.3 is 24.3 Å². The van der Waals surface area contributed by atoms with Gasteiger partial charge in [0.1, 0.15) is 17.4 Å². The van der Waals surface area contributed by atoms with Crippen molar-refractivity contribution in [3.8, 4) is 17.0 Å². The van der Waals surface area contributed by atoms with E-state index in [1.807, 2.05) is 16.7 Å². The third kappa shape index (κ3) is 3.63. The number of ether oxygens (including phenoxy) is 2. The summed E-state index contributed by atoms with van der Waals surface area (Å²) < 4.78 is 13.4. The van der Waals surface area contributed by atoms with Crippen molar-refractivity contribution in [2.45, 2.75) is 52.4 Å². The summed E-state index contributed by atoms with van der Waals surface area (Å²) in [5, 5.41) is 19.4. The molecule has 2 N–H and O–H groups in total. The minimum Gasteiger partial charge on any atom is -0.488 e. The van der Waals surface area contributed by atoms with Crippen LogP contribution in [0, 0.1) is 5.41 Å². The molecule has 160 valence electrons. The van der Waals surface area contributed by atoms with Gasteiger partial charge in [-0.15, -0.1) is 0 Å². The van der Waals surface area contributed by atoms with Gasteiger partial charge in [0.2, 0.25) is 0 Å². The van der Waals surface area contributed by atoms with Crippen LogP contribution < -0.4 is 10.2 Å². The van der Waals surface area contributed by atoms with Gasteiger partial charge in [-0.3, -0.25) is 4.79 Å². The van der Waals surface area contributed by atoms with Crippen molar-refractivity contribution in [1.82, 2.24) is 4.57 Å². The molecule has 4 rings (SSSR count). The van der Waals surface area contributed by atoms with Crippen molar-refractivity contribution in [2.24, 2.45) is 5.41 Å². The SMILES string of the molecule is CC(C)(C)[C@@H]1Cc2cc(O[C@@H]3CCOC3)c(CO)cc2-c2cc(=O)c(C(=O)O)cn21. The Labute approximate surface area is 174 Å². The monoisotopic (exact) mass is 413 g/mol. The fourth-order valence-corrected chi connectivity index (χ4v) is 4.31. The van der Waals surface area contributed by atoms with E-state index in [2.05, 4.69) is 20.8 Å². The Bertz CT molecular complexity index is 1040. The lowest BCUT2D eigenvalue weighted by molar-refractivity contribution is 0.0693. The van der Waals surface area contributed by atoms with Gasteiger partial charge in [-0.25, -0.2) is 4.79 Å². The Balaban J connectivity index is 1.88. The molecule has 2 aliphatic rings. The van der Waals surface area contributed by atoms with Crippen molar-refractivity contribution in [3.63, 3.8) is 0 Å². The van der Waals surface area contributed by atoms with Gasteiger partial charge in [0.05, 0.1) is 25.5 Å². The summed E-state index contributed by atoms with van der Waals surface area (Å²) in [6, 6.07) is 5.16. The number of carboxylic acids is 1. The van der Waals surface area contributed by atoms with Crippen molar-refractivity contribution in [1.29, 1.82) is 0 Å². The maximum Gasteiger partial charge on any atom is 0.341 e. The van der Waals surface area contributed by atoms with Crippen LogP contribution in [0.5, 0.6) is 5.75 Å². The molecule has 1 aromatic heterocycles. The lowest BCUT2D eigenvalue weighted by Gasteiger charge is -2.39. The van der Waals surface area contributed by atoms with Crippen LogP contribution in [0.25, 0.3) is 11.3 Å². The summed E-state index contributed by atoms with van der Waals surface area (Å²) in [5.41, 5.74) is 2.20. The molecule has 0 saturated carbocycles. The highest BCUT2D eigenvalue weighted by Gasteiger charge is 2.34. The first-order valence-corrected chi connectivity index (χ1v) is 10.2. The standard InChI is InChI=1S/C23H27NO6/c1-23(2,3)21-8-13-7-20(30-15-4-5-29-12-15)14(11-25)6-16(13)18-9-19(26)17(22(27)28)10-24(18)21/h6-7,9-10,15,21,25H,4-5,8,11-12H2,1-3H3,(H,27,28)/t15-,21+/m1/s1. The van der Waals surface area contributed by atoms with E-state index in [0.29, 0.717) is 36.6 Å². The number of carboxylic acid groups (broad SMARTS) is 1. The third-order valence-electron chi connectivity index (χ3n) is 5.97. The number of hydrogen-bond donors (Lipinski definition) is 2. The molecule has 30 heavy (non-hydrogen) atoms. The number of carbonyl (C=O) groups is 1. The van der Waals surface area contributed by atoms with Crippen molar-refractivity contribution >= 4 is 5.97 Å². The van der Waals surface area contributed by atoms with Crippen LogP contribution in [0.3, 0.4) is 0 Å². The molecule has 3 heterocycles. The van der Waals surface area contributed by atoms with Gasteiger partial charge in [0, 0.05) is 35.9 Å². The zero-order valence-electron chi connectivity index (χ0n) is 17.5. The smallest absolute Gasteiger partial charge is 0.341 e. The number of rotatable bonds is 4. The minimum atomic E-state index is -1.23. The van der Waals surface area contributed by atoms with E-state index in [9.17, 15) is 19.8 Å². The number of aliphatic hydroxyl groups excluding tert-OH is 1. The molecule has 0 unspecified atom stereocenters. The van der Waals surface area contributed by atoms with Gasteiger partial charge in [0.15, 0.2) is 5.43 Å². The first-order chi connectivity index (χ1) is 14.2. The fourth-order valence-electron chi connectivity index (χ4n) is 4.31. The molecule has 1 aromatic carbocycles. The normalized spacial score (nSPS) is 20.5. The zero-order valence-corrected chi connectivity index (χ0v) is 17.5. The quantitative estimate of drug-likeness (QED) is 0.800. The number of aromatic carboxylic acids is 1. The fraction of sp³-hybridized carbons (Fsp3) is 0.478. The van der Waals surface area contributed by atoms with Crippen LogP contribution in [0.15, 0.2) is 29.2 Å². The highest BCUT2D eigenvalue weighted by atomic mass is 16.5. The van der Waals surface area contributed by atoms with Crippen LogP contribution in [-0.2, 0) is 17.8 Å². The maximum absolute atomic E-state index is 12.5. The van der Waals surface area contributed by atoms with E-state index in [4.69, 9.17) is 9.47 Å². The Morgan fingerprint density at radius 2 is 2.07 bits per heavy atom. The topological polar surface area (TPSA) is 98.0 Å². The number of hydrogen-bond acceptors (Lipinski definition) is 5. The largest absolute Gasteiger partial charge is 0.488 e. The first kappa shape index (κ1) is 20.6. The summed E-state index contributed by atoms with van der Waals surface area (Å²) in [6.45, 7) is 7.29. The van der Waals surface area contributed by atoms with Gasteiger partial charge in [-0.2, -0.15) is 0 Å². The lowest BCUT2D eigenvalue weighted by Crippen LogP contribution is -2.33. The average molecular weight is 413 g/mol. The zero-order chi connectivity index (χ0) is 21.6. The number of nitrogens with zero attached hydrogens (tertiary/aromatic N) is 1. The average Bonchev–Trinajstić information content (AvgIpc) is 3.18. The number of benzene rings is 1. The van der Waals surface area contributed by atoms with Gasteiger partial charge in [0.25, 0.3) is 0 Å². The second kappa shape index (κ2) is 7.56. The van der Waals surface area contributed by atoms with Crippen LogP contribution >= 0.6 is 0 Å². The Kier molecular flexibility index (Phi) is 5.20. The van der Waals surface area contributed by atoms with E-state index >= 15 is 0 Å². The van der Waals surface area contributed by atoms with Crippen molar-refractivity contribution in [2.75, 3.05) is 13.2 Å². The van der Waals surface area contributed by atoms with Gasteiger partial charge >= 0.3 is 5.97 Å². The van der Waals surface area contributed by atoms with E-state index in [1.54, 1.807) is 0 Å². The highest BCUT2D eigenvalue weighted by Crippen LogP contribution is 2.44. The molecule has 0 radical (unpaired) electrons. The van der Waals surface area contributed by atoms with E-state index < -0.39 is 11.4 Å². The second-order valence-electron chi connectivity index (χ2n) is 9.11. The van der Waals surface area contributed by atoms with Crippen LogP contribution in [0.4, 0.5) is 0 Å². The molecular weight excluding hydrogens is 386 g/mol. The van der Waals surface area contributed by atoms with E-state index in [-0.39, 0.29) is 29.7 Å². The first-order valence-electron chi connectivity index (χ1n) is 10.2. The molecule has 2 atom stereocenters. The van der Waals surface area contributed by atoms with E-state index in [0.717, 1.165) is 17.5 Å². The lowest BCUT2D eigenvalue weighted by atomic mass is 9.78. The van der Waals surface area contributed by atoms with Crippen LogP contribution in [-0.4, -0.2) is 40.1 Å². The van der Waals surface area contributed by atoms with Gasteiger partial charge in [-0.05, 0) is 29.5 Å². The molecule has 2 aromatic rings. The van der Waals surface area contributed by atoms with Crippen LogP contribution in [0.1, 0.15) is 54.7 Å². The van der Waals surface area contributed by atoms with Gasteiger partial charge in [-0.1, -0.05) is 20.8 Å². The van der Waals surface area contributed by atoms with Crippen LogP contribution in [0.2, 0.25) is 0 Å². The highest BCUT2D eigenvalue weighted by molar-refractivity contribution is 5.87. The molecule has 7 heteroatoms. The Morgan fingerprint density at radius 1 is 1.30 bits per heavy atom. The molecule has 0 amide bonds. The Hall–Kier alpha value is -2.64. The molecule has 0 bridgehead atoms. The predicted molar refractivity (Wildman–Crippen MR) is 111 cm³/mol. The molecule has 0 spiro atoms. The molecule has 0 aliphatic carbocycles. The molecule has 1 saturated heterocycles. The molecular formula is C23H27NO6. The van der Waals surface area contributed by atoms with E-state index in [1.165, 1.54) is 12.3 Å². The summed E-state index contributed by atoms with van der Waals surface area (Å²) in [7, 11) is 0. The Morgan fingerprint density at radius 3 is 2.67 bits per heavy atom. The molecule has 1 fully saturated rings. The summed E-state index contributed by atoms with van der Waals surface area (Å²) in [6.07, 6.45) is 2.89. The number of aromatic nitrogens is 1. The summed E-state index contributed by atoms with van der Waals surface area (Å²) in [4.78, 5) is 24.0.